The number of hydrogen-bond acceptors (Lipinski definition) is 5. The third-order valence-corrected chi connectivity index (χ3v) is 3.67. The molecule has 0 aliphatic carbocycles. The Bertz CT molecular complexity index is 676. The number of fused-ring (bicyclic) bond motifs is 1. The summed E-state index contributed by atoms with van der Waals surface area (Å²) < 4.78 is 7.19. The van der Waals surface area contributed by atoms with Crippen molar-refractivity contribution < 1.29 is 4.42 Å². The van der Waals surface area contributed by atoms with E-state index < -0.39 is 0 Å². The Morgan fingerprint density at radius 1 is 1.29 bits per heavy atom. The molecule has 0 bridgehead atoms. The van der Waals surface area contributed by atoms with E-state index in [1.807, 2.05) is 30.6 Å². The van der Waals surface area contributed by atoms with Crippen LogP contribution in [0.3, 0.4) is 0 Å². The molecule has 86 valence electrons. The van der Waals surface area contributed by atoms with Crippen LogP contribution >= 0.6 is 27.3 Å². The van der Waals surface area contributed by atoms with Crippen LogP contribution in [0.15, 0.2) is 32.7 Å². The minimum Gasteiger partial charge on any atom is -0.446 e. The van der Waals surface area contributed by atoms with E-state index in [1.54, 1.807) is 11.3 Å². The van der Waals surface area contributed by atoms with Crippen LogP contribution in [0.25, 0.3) is 21.8 Å². The summed E-state index contributed by atoms with van der Waals surface area (Å²) in [5.41, 5.74) is 0.928. The van der Waals surface area contributed by atoms with Crippen molar-refractivity contribution in [2.75, 3.05) is 12.4 Å². The average Bonchev–Trinajstić information content (AvgIpc) is 2.95. The van der Waals surface area contributed by atoms with Crippen molar-refractivity contribution in [3.63, 3.8) is 0 Å². The Kier molecular flexibility index (Phi) is 2.60. The van der Waals surface area contributed by atoms with E-state index in [1.165, 1.54) is 0 Å². The number of anilines is 1. The molecule has 0 spiro atoms. The minimum absolute atomic E-state index is 0.589. The van der Waals surface area contributed by atoms with Crippen LogP contribution in [0, 0.1) is 0 Å². The Morgan fingerprint density at radius 3 is 2.88 bits per heavy atom. The van der Waals surface area contributed by atoms with Gasteiger partial charge in [-0.1, -0.05) is 0 Å². The monoisotopic (exact) mass is 309 g/mol. The van der Waals surface area contributed by atoms with E-state index >= 15 is 0 Å². The summed E-state index contributed by atoms with van der Waals surface area (Å²) in [6, 6.07) is 5.65. The summed E-state index contributed by atoms with van der Waals surface area (Å²) in [7, 11) is 1.85. The minimum atomic E-state index is 0.589. The van der Waals surface area contributed by atoms with Gasteiger partial charge in [-0.05, 0) is 39.5 Å². The van der Waals surface area contributed by atoms with Crippen molar-refractivity contribution in [1.29, 1.82) is 0 Å². The molecule has 0 aliphatic heterocycles. The van der Waals surface area contributed by atoms with E-state index in [0.29, 0.717) is 16.3 Å². The molecule has 0 aromatic carbocycles. The lowest BCUT2D eigenvalue weighted by Gasteiger charge is -2.02. The van der Waals surface area contributed by atoms with Crippen LogP contribution in [-0.4, -0.2) is 17.0 Å². The average molecular weight is 310 g/mol. The van der Waals surface area contributed by atoms with Crippen molar-refractivity contribution in [2.45, 2.75) is 0 Å². The van der Waals surface area contributed by atoms with Gasteiger partial charge in [-0.25, -0.2) is 9.97 Å². The lowest BCUT2D eigenvalue weighted by Crippen LogP contribution is -1.96. The lowest BCUT2D eigenvalue weighted by molar-refractivity contribution is 0.551. The summed E-state index contributed by atoms with van der Waals surface area (Å²) >= 11 is 4.89. The van der Waals surface area contributed by atoms with Gasteiger partial charge in [0.1, 0.15) is 5.82 Å². The first-order valence-corrected chi connectivity index (χ1v) is 6.64. The summed E-state index contributed by atoms with van der Waals surface area (Å²) in [5.74, 6) is 2.07. The van der Waals surface area contributed by atoms with Gasteiger partial charge in [0.05, 0.1) is 10.2 Å². The highest BCUT2D eigenvalue weighted by atomic mass is 79.9. The Balaban J connectivity index is 2.23. The maximum Gasteiger partial charge on any atom is 0.198 e. The number of rotatable bonds is 2. The van der Waals surface area contributed by atoms with Crippen molar-refractivity contribution in [2.24, 2.45) is 0 Å². The van der Waals surface area contributed by atoms with E-state index in [9.17, 15) is 0 Å². The topological polar surface area (TPSA) is 51.0 Å². The first-order chi connectivity index (χ1) is 8.28. The lowest BCUT2D eigenvalue weighted by atomic mass is 10.4. The van der Waals surface area contributed by atoms with E-state index in [-0.39, 0.29) is 0 Å². The summed E-state index contributed by atoms with van der Waals surface area (Å²) in [6.07, 6.45) is 0. The quantitative estimate of drug-likeness (QED) is 0.783. The first-order valence-electron chi connectivity index (χ1n) is 4.96. The van der Waals surface area contributed by atoms with Crippen molar-refractivity contribution >= 4 is 43.3 Å². The molecule has 0 saturated carbocycles. The van der Waals surface area contributed by atoms with Gasteiger partial charge >= 0.3 is 0 Å². The molecule has 0 amide bonds. The van der Waals surface area contributed by atoms with E-state index in [2.05, 4.69) is 31.2 Å². The molecule has 0 fully saturated rings. The van der Waals surface area contributed by atoms with Crippen LogP contribution in [0.2, 0.25) is 0 Å². The SMILES string of the molecule is CNc1nc(-c2ccc(Br)o2)nc2ccsc12. The molecule has 0 aliphatic rings. The summed E-state index contributed by atoms with van der Waals surface area (Å²) in [6.45, 7) is 0. The van der Waals surface area contributed by atoms with Gasteiger partial charge in [0, 0.05) is 7.05 Å². The number of halogens is 1. The Hall–Kier alpha value is -1.40. The summed E-state index contributed by atoms with van der Waals surface area (Å²) in [5, 5.41) is 5.08. The van der Waals surface area contributed by atoms with Crippen molar-refractivity contribution in [3.05, 3.63) is 28.2 Å². The number of thiophene rings is 1. The zero-order valence-electron chi connectivity index (χ0n) is 8.90. The fourth-order valence-corrected chi connectivity index (χ4v) is 2.71. The van der Waals surface area contributed by atoms with Gasteiger partial charge in [-0.2, -0.15) is 0 Å². The van der Waals surface area contributed by atoms with Gasteiger partial charge in [-0.3, -0.25) is 0 Å². The molecule has 4 nitrogen and oxygen atoms in total. The molecule has 3 aromatic heterocycles. The van der Waals surface area contributed by atoms with Crippen LogP contribution in [-0.2, 0) is 0 Å². The number of aromatic nitrogens is 2. The van der Waals surface area contributed by atoms with Crippen molar-refractivity contribution in [3.8, 4) is 11.6 Å². The highest BCUT2D eigenvalue weighted by molar-refractivity contribution is 9.10. The first kappa shape index (κ1) is 10.7. The second-order valence-electron chi connectivity index (χ2n) is 3.38. The number of nitrogens with zero attached hydrogens (tertiary/aromatic N) is 2. The molecule has 17 heavy (non-hydrogen) atoms. The molecule has 3 heterocycles. The predicted molar refractivity (Wildman–Crippen MR) is 72.4 cm³/mol. The zero-order valence-corrected chi connectivity index (χ0v) is 11.3. The molecular weight excluding hydrogens is 302 g/mol. The highest BCUT2D eigenvalue weighted by Crippen LogP contribution is 2.30. The van der Waals surface area contributed by atoms with Crippen LogP contribution < -0.4 is 5.32 Å². The fourth-order valence-electron chi connectivity index (χ4n) is 1.58. The maximum absolute atomic E-state index is 5.46. The molecule has 0 atom stereocenters. The van der Waals surface area contributed by atoms with Gasteiger partial charge < -0.3 is 9.73 Å². The largest absolute Gasteiger partial charge is 0.446 e. The highest BCUT2D eigenvalue weighted by Gasteiger charge is 2.12. The number of nitrogens with one attached hydrogen (secondary N) is 1. The Labute approximate surface area is 110 Å². The van der Waals surface area contributed by atoms with Crippen LogP contribution in [0.5, 0.6) is 0 Å². The van der Waals surface area contributed by atoms with E-state index in [4.69, 9.17) is 4.42 Å². The zero-order chi connectivity index (χ0) is 11.8. The third-order valence-electron chi connectivity index (χ3n) is 2.33. The fraction of sp³-hybridized carbons (Fsp3) is 0.0909. The van der Waals surface area contributed by atoms with Crippen molar-refractivity contribution in [1.82, 2.24) is 9.97 Å². The number of furan rings is 1. The molecule has 6 heteroatoms. The van der Waals surface area contributed by atoms with Gasteiger partial charge in [0.15, 0.2) is 16.3 Å². The second-order valence-corrected chi connectivity index (χ2v) is 5.08. The normalized spacial score (nSPS) is 10.9. The standard InChI is InChI=1S/C11H8BrN3OS/c1-13-11-9-6(4-5-17-9)14-10(15-11)7-2-3-8(12)16-7/h2-5H,1H3,(H,13,14,15). The summed E-state index contributed by atoms with van der Waals surface area (Å²) in [4.78, 5) is 8.92. The molecule has 0 radical (unpaired) electrons. The van der Waals surface area contributed by atoms with Crippen LogP contribution in [0.4, 0.5) is 5.82 Å². The molecule has 0 unspecified atom stereocenters. The van der Waals surface area contributed by atoms with Gasteiger partial charge in [0.2, 0.25) is 0 Å². The molecule has 0 saturated heterocycles. The molecule has 3 rings (SSSR count). The van der Waals surface area contributed by atoms with Gasteiger partial charge in [-0.15, -0.1) is 11.3 Å². The number of hydrogen-bond donors (Lipinski definition) is 1. The predicted octanol–water partition coefficient (Wildman–Crippen LogP) is 3.76. The third kappa shape index (κ3) is 1.83. The van der Waals surface area contributed by atoms with Gasteiger partial charge in [0.25, 0.3) is 0 Å². The molecule has 3 aromatic rings. The Morgan fingerprint density at radius 2 is 2.18 bits per heavy atom. The molecule has 1 N–H and O–H groups in total. The van der Waals surface area contributed by atoms with E-state index in [0.717, 1.165) is 16.0 Å². The molecular formula is C11H8BrN3OS. The maximum atomic E-state index is 5.46. The van der Waals surface area contributed by atoms with Crippen LogP contribution in [0.1, 0.15) is 0 Å². The smallest absolute Gasteiger partial charge is 0.198 e. The second kappa shape index (κ2) is 4.12.